The van der Waals surface area contributed by atoms with Gasteiger partial charge in [-0.3, -0.25) is 0 Å². The molecule has 20 heavy (non-hydrogen) atoms. The summed E-state index contributed by atoms with van der Waals surface area (Å²) in [6.45, 7) is 8.57. The fourth-order valence-corrected chi connectivity index (χ4v) is 4.58. The van der Waals surface area contributed by atoms with Crippen LogP contribution in [0.2, 0.25) is 10.0 Å². The summed E-state index contributed by atoms with van der Waals surface area (Å²) in [4.78, 5) is 0.00213. The molecule has 0 radical (unpaired) electrons. The van der Waals surface area contributed by atoms with Gasteiger partial charge < -0.3 is 0 Å². The average molecular weight is 372 g/mol. The summed E-state index contributed by atoms with van der Waals surface area (Å²) < 4.78 is 0. The largest absolute Gasteiger partial charge is 0.0839 e. The third-order valence-corrected chi connectivity index (χ3v) is 5.51. The van der Waals surface area contributed by atoms with Gasteiger partial charge in [-0.2, -0.15) is 0 Å². The van der Waals surface area contributed by atoms with E-state index in [0.717, 1.165) is 5.56 Å². The first-order chi connectivity index (χ1) is 9.34. The normalized spacial score (nSPS) is 12.6. The zero-order valence-corrected chi connectivity index (χ0v) is 15.1. The molecule has 0 heterocycles. The van der Waals surface area contributed by atoms with Gasteiger partial charge in [0.2, 0.25) is 0 Å². The standard InChI is InChI=1S/C17H17BrCl2/c1-9-8-10(2)12(4)15(11(9)3)17(18)16-13(19)6-5-7-14(16)20/h5-8,17H,1-4H3. The molecule has 3 heteroatoms. The van der Waals surface area contributed by atoms with Crippen molar-refractivity contribution in [2.24, 2.45) is 0 Å². The zero-order chi connectivity index (χ0) is 15.0. The number of hydrogen-bond acceptors (Lipinski definition) is 0. The lowest BCUT2D eigenvalue weighted by Crippen LogP contribution is -2.04. The first-order valence-corrected chi connectivity index (χ1v) is 8.17. The highest BCUT2D eigenvalue weighted by Crippen LogP contribution is 2.43. The molecule has 0 aromatic heterocycles. The lowest BCUT2D eigenvalue weighted by molar-refractivity contribution is 1.08. The third kappa shape index (κ3) is 2.77. The fourth-order valence-electron chi connectivity index (χ4n) is 2.52. The van der Waals surface area contributed by atoms with Crippen LogP contribution in [0, 0.1) is 27.7 Å². The smallest absolute Gasteiger partial charge is 0.0679 e. The highest BCUT2D eigenvalue weighted by molar-refractivity contribution is 9.09. The van der Waals surface area contributed by atoms with Crippen LogP contribution < -0.4 is 0 Å². The fraction of sp³-hybridized carbons (Fsp3) is 0.294. The molecule has 0 fully saturated rings. The van der Waals surface area contributed by atoms with E-state index in [1.54, 1.807) is 0 Å². The summed E-state index contributed by atoms with van der Waals surface area (Å²) in [6, 6.07) is 7.85. The molecule has 0 saturated carbocycles. The zero-order valence-electron chi connectivity index (χ0n) is 12.0. The van der Waals surface area contributed by atoms with E-state index in [-0.39, 0.29) is 4.83 Å². The molecule has 1 unspecified atom stereocenters. The van der Waals surface area contributed by atoms with E-state index >= 15 is 0 Å². The monoisotopic (exact) mass is 370 g/mol. The highest BCUT2D eigenvalue weighted by atomic mass is 79.9. The molecule has 0 aliphatic carbocycles. The van der Waals surface area contributed by atoms with Gasteiger partial charge in [-0.15, -0.1) is 0 Å². The van der Waals surface area contributed by atoms with Crippen LogP contribution >= 0.6 is 39.1 Å². The van der Waals surface area contributed by atoms with Gasteiger partial charge in [0.15, 0.2) is 0 Å². The van der Waals surface area contributed by atoms with Crippen LogP contribution in [0.1, 0.15) is 38.2 Å². The van der Waals surface area contributed by atoms with Crippen molar-refractivity contribution < 1.29 is 0 Å². The predicted octanol–water partition coefficient (Wildman–Crippen LogP) is 6.71. The number of benzene rings is 2. The molecule has 2 aromatic carbocycles. The van der Waals surface area contributed by atoms with Crippen LogP contribution in [0.5, 0.6) is 0 Å². The molecule has 0 amide bonds. The van der Waals surface area contributed by atoms with Crippen LogP contribution in [-0.4, -0.2) is 0 Å². The first kappa shape index (κ1) is 15.9. The summed E-state index contributed by atoms with van der Waals surface area (Å²) in [7, 11) is 0. The van der Waals surface area contributed by atoms with Gasteiger partial charge in [0.1, 0.15) is 0 Å². The van der Waals surface area contributed by atoms with E-state index in [9.17, 15) is 0 Å². The van der Waals surface area contributed by atoms with Crippen LogP contribution in [0.25, 0.3) is 0 Å². The molecule has 0 N–H and O–H groups in total. The van der Waals surface area contributed by atoms with Crippen molar-refractivity contribution in [3.63, 3.8) is 0 Å². The second kappa shape index (κ2) is 6.09. The molecule has 0 aliphatic heterocycles. The first-order valence-electron chi connectivity index (χ1n) is 6.49. The molecule has 0 nitrogen and oxygen atoms in total. The minimum Gasteiger partial charge on any atom is -0.0839 e. The molecular formula is C17H17BrCl2. The van der Waals surface area contributed by atoms with Crippen LogP contribution in [0.15, 0.2) is 24.3 Å². The van der Waals surface area contributed by atoms with Crippen molar-refractivity contribution in [3.8, 4) is 0 Å². The van der Waals surface area contributed by atoms with E-state index in [4.69, 9.17) is 23.2 Å². The van der Waals surface area contributed by atoms with E-state index in [1.807, 2.05) is 18.2 Å². The summed E-state index contributed by atoms with van der Waals surface area (Å²) in [5.74, 6) is 0. The Bertz CT molecular complexity index is 616. The lowest BCUT2D eigenvalue weighted by Gasteiger charge is -2.22. The number of aryl methyl sites for hydroxylation is 2. The Hall–Kier alpha value is -0.500. The molecule has 0 aliphatic rings. The van der Waals surface area contributed by atoms with Crippen LogP contribution in [0.4, 0.5) is 0 Å². The van der Waals surface area contributed by atoms with Gasteiger partial charge in [-0.05, 0) is 67.6 Å². The van der Waals surface area contributed by atoms with Gasteiger partial charge in [0.25, 0.3) is 0 Å². The van der Waals surface area contributed by atoms with Crippen molar-refractivity contribution in [2.75, 3.05) is 0 Å². The SMILES string of the molecule is Cc1cc(C)c(C)c(C(Br)c2c(Cl)cccc2Cl)c1C. The van der Waals surface area contributed by atoms with Crippen LogP contribution in [0.3, 0.4) is 0 Å². The molecule has 106 valence electrons. The van der Waals surface area contributed by atoms with Gasteiger partial charge in [0, 0.05) is 15.6 Å². The second-order valence-electron chi connectivity index (χ2n) is 5.17. The van der Waals surface area contributed by atoms with Gasteiger partial charge >= 0.3 is 0 Å². The maximum absolute atomic E-state index is 6.34. The molecule has 0 spiro atoms. The number of rotatable bonds is 2. The van der Waals surface area contributed by atoms with E-state index < -0.39 is 0 Å². The molecular weight excluding hydrogens is 355 g/mol. The van der Waals surface area contributed by atoms with E-state index in [1.165, 1.54) is 27.8 Å². The third-order valence-electron chi connectivity index (χ3n) is 3.93. The Labute approximate surface area is 139 Å². The summed E-state index contributed by atoms with van der Waals surface area (Å²) in [6.07, 6.45) is 0. The van der Waals surface area contributed by atoms with Gasteiger partial charge in [0.05, 0.1) is 4.83 Å². The minimum atomic E-state index is 0.00213. The highest BCUT2D eigenvalue weighted by Gasteiger charge is 2.22. The van der Waals surface area contributed by atoms with Crippen molar-refractivity contribution in [1.82, 2.24) is 0 Å². The molecule has 2 rings (SSSR count). The van der Waals surface area contributed by atoms with E-state index in [2.05, 4.69) is 49.7 Å². The lowest BCUT2D eigenvalue weighted by atomic mass is 9.90. The summed E-state index contributed by atoms with van der Waals surface area (Å²) in [5, 5.41) is 1.38. The molecule has 1 atom stereocenters. The van der Waals surface area contributed by atoms with Crippen molar-refractivity contribution >= 4 is 39.1 Å². The second-order valence-corrected chi connectivity index (χ2v) is 6.90. The Morgan fingerprint density at radius 2 is 1.30 bits per heavy atom. The Morgan fingerprint density at radius 1 is 0.850 bits per heavy atom. The molecule has 0 bridgehead atoms. The number of alkyl halides is 1. The van der Waals surface area contributed by atoms with Crippen molar-refractivity contribution in [3.05, 3.63) is 67.7 Å². The molecule has 0 saturated heterocycles. The summed E-state index contributed by atoms with van der Waals surface area (Å²) in [5.41, 5.74) is 7.34. The Morgan fingerprint density at radius 3 is 1.75 bits per heavy atom. The quantitative estimate of drug-likeness (QED) is 0.514. The maximum atomic E-state index is 6.34. The minimum absolute atomic E-state index is 0.00213. The predicted molar refractivity (Wildman–Crippen MR) is 92.6 cm³/mol. The van der Waals surface area contributed by atoms with Gasteiger partial charge in [-0.1, -0.05) is 51.3 Å². The number of halogens is 3. The Balaban J connectivity index is 2.69. The van der Waals surface area contributed by atoms with Gasteiger partial charge in [-0.25, -0.2) is 0 Å². The number of hydrogen-bond donors (Lipinski definition) is 0. The maximum Gasteiger partial charge on any atom is 0.0679 e. The van der Waals surface area contributed by atoms with E-state index in [0.29, 0.717) is 10.0 Å². The Kier molecular flexibility index (Phi) is 4.84. The summed E-state index contributed by atoms with van der Waals surface area (Å²) >= 11 is 16.5. The average Bonchev–Trinajstić information content (AvgIpc) is 2.36. The van der Waals surface area contributed by atoms with Crippen LogP contribution in [-0.2, 0) is 0 Å². The topological polar surface area (TPSA) is 0 Å². The van der Waals surface area contributed by atoms with Crippen molar-refractivity contribution in [1.29, 1.82) is 0 Å². The van der Waals surface area contributed by atoms with Crippen molar-refractivity contribution in [2.45, 2.75) is 32.5 Å². The molecule has 2 aromatic rings.